The van der Waals surface area contributed by atoms with Crippen LogP contribution in [0.5, 0.6) is 0 Å². The van der Waals surface area contributed by atoms with E-state index in [1.165, 1.54) is 16.9 Å². The van der Waals surface area contributed by atoms with E-state index in [0.717, 1.165) is 12.0 Å². The highest BCUT2D eigenvalue weighted by Crippen LogP contribution is 2.15. The maximum absolute atomic E-state index is 12.2. The van der Waals surface area contributed by atoms with Crippen LogP contribution in [-0.4, -0.2) is 28.6 Å². The smallest absolute Gasteiger partial charge is 0.286 e. The molecule has 6 nitrogen and oxygen atoms in total. The number of aryl methyl sites for hydroxylation is 2. The largest absolute Gasteiger partial charge is 0.356 e. The van der Waals surface area contributed by atoms with Crippen molar-refractivity contribution in [3.63, 3.8) is 0 Å². The molecule has 0 radical (unpaired) electrons. The molecule has 3 aromatic rings. The zero-order chi connectivity index (χ0) is 19.8. The number of hydrogen-bond donors (Lipinski definition) is 2. The summed E-state index contributed by atoms with van der Waals surface area (Å²) in [5.74, 6) is -0.322. The van der Waals surface area contributed by atoms with Crippen molar-refractivity contribution < 1.29 is 9.59 Å². The van der Waals surface area contributed by atoms with Crippen molar-refractivity contribution in [2.45, 2.75) is 26.2 Å². The van der Waals surface area contributed by atoms with Crippen LogP contribution < -0.4 is 10.6 Å². The Balaban J connectivity index is 1.41. The fraction of sp³-hybridized carbons (Fsp3) is 0.238. The van der Waals surface area contributed by atoms with Crippen LogP contribution in [0.25, 0.3) is 0 Å². The van der Waals surface area contributed by atoms with Crippen LogP contribution in [0.15, 0.2) is 54.6 Å². The summed E-state index contributed by atoms with van der Waals surface area (Å²) in [5, 5.41) is 14.6. The number of benzene rings is 2. The Labute approximate surface area is 168 Å². The minimum atomic E-state index is -0.292. The van der Waals surface area contributed by atoms with Crippen molar-refractivity contribution in [3.8, 4) is 0 Å². The monoisotopic (exact) mass is 394 g/mol. The normalized spacial score (nSPS) is 10.5. The van der Waals surface area contributed by atoms with E-state index in [-0.39, 0.29) is 11.8 Å². The molecule has 7 heteroatoms. The van der Waals surface area contributed by atoms with Crippen molar-refractivity contribution in [1.82, 2.24) is 15.5 Å². The highest BCUT2D eigenvalue weighted by Gasteiger charge is 2.14. The summed E-state index contributed by atoms with van der Waals surface area (Å²) in [6.45, 7) is 2.59. The number of nitrogens with one attached hydrogen (secondary N) is 2. The van der Waals surface area contributed by atoms with Crippen molar-refractivity contribution in [3.05, 3.63) is 75.7 Å². The van der Waals surface area contributed by atoms with Gasteiger partial charge >= 0.3 is 0 Å². The van der Waals surface area contributed by atoms with Gasteiger partial charge in [0.15, 0.2) is 0 Å². The molecule has 0 aliphatic rings. The highest BCUT2D eigenvalue weighted by molar-refractivity contribution is 7.13. The summed E-state index contributed by atoms with van der Waals surface area (Å²) in [7, 11) is 0. The average Bonchev–Trinajstić information content (AvgIpc) is 3.18. The zero-order valence-corrected chi connectivity index (χ0v) is 16.5. The summed E-state index contributed by atoms with van der Waals surface area (Å²) in [6.07, 6.45) is 1.59. The van der Waals surface area contributed by atoms with Gasteiger partial charge in [0, 0.05) is 25.1 Å². The van der Waals surface area contributed by atoms with Gasteiger partial charge in [0.25, 0.3) is 5.91 Å². The Kier molecular flexibility index (Phi) is 6.86. The van der Waals surface area contributed by atoms with Crippen LogP contribution >= 0.6 is 11.3 Å². The van der Waals surface area contributed by atoms with E-state index in [9.17, 15) is 9.59 Å². The molecule has 2 N–H and O–H groups in total. The molecule has 3 rings (SSSR count). The van der Waals surface area contributed by atoms with Gasteiger partial charge < -0.3 is 10.6 Å². The molecule has 0 fully saturated rings. The third-order valence-corrected chi connectivity index (χ3v) is 5.10. The van der Waals surface area contributed by atoms with Crippen molar-refractivity contribution in [2.24, 2.45) is 0 Å². The number of nitrogens with zero attached hydrogens (tertiary/aromatic N) is 2. The molecule has 0 aliphatic heterocycles. The Bertz CT molecular complexity index is 923. The maximum Gasteiger partial charge on any atom is 0.286 e. The van der Waals surface area contributed by atoms with Crippen molar-refractivity contribution >= 4 is 28.8 Å². The van der Waals surface area contributed by atoms with Gasteiger partial charge in [0.05, 0.1) is 0 Å². The molecule has 0 atom stereocenters. The van der Waals surface area contributed by atoms with Gasteiger partial charge in [-0.05, 0) is 31.0 Å². The standard InChI is InChI=1S/C21H22N4O2S/c1-15-7-9-17(10-8-15)23-20(27)21-25-24-19(28-21)12-11-18(26)22-14-13-16-5-3-2-4-6-16/h2-10H,11-14H2,1H3,(H,22,26)(H,23,27). The van der Waals surface area contributed by atoms with Crippen LogP contribution in [0.1, 0.15) is 32.4 Å². The lowest BCUT2D eigenvalue weighted by molar-refractivity contribution is -0.121. The van der Waals surface area contributed by atoms with Gasteiger partial charge in [-0.1, -0.05) is 59.4 Å². The summed E-state index contributed by atoms with van der Waals surface area (Å²) in [6, 6.07) is 17.6. The SMILES string of the molecule is Cc1ccc(NC(=O)c2nnc(CCC(=O)NCCc3ccccc3)s2)cc1. The molecule has 1 heterocycles. The van der Waals surface area contributed by atoms with Crippen molar-refractivity contribution in [2.75, 3.05) is 11.9 Å². The second-order valence-electron chi connectivity index (χ2n) is 6.41. The van der Waals surface area contributed by atoms with Gasteiger partial charge in [-0.2, -0.15) is 0 Å². The van der Waals surface area contributed by atoms with E-state index in [0.29, 0.717) is 35.1 Å². The molecule has 0 saturated heterocycles. The predicted molar refractivity (Wildman–Crippen MR) is 111 cm³/mol. The molecule has 144 valence electrons. The maximum atomic E-state index is 12.2. The second kappa shape index (κ2) is 9.75. The molecule has 0 bridgehead atoms. The molecule has 0 spiro atoms. The average molecular weight is 395 g/mol. The number of aromatic nitrogens is 2. The highest BCUT2D eigenvalue weighted by atomic mass is 32.1. The number of hydrogen-bond acceptors (Lipinski definition) is 5. The molecule has 2 aromatic carbocycles. The van der Waals surface area contributed by atoms with Gasteiger partial charge in [0.1, 0.15) is 5.01 Å². The minimum Gasteiger partial charge on any atom is -0.356 e. The number of anilines is 1. The van der Waals surface area contributed by atoms with E-state index >= 15 is 0 Å². The fourth-order valence-corrected chi connectivity index (χ4v) is 3.30. The molecule has 28 heavy (non-hydrogen) atoms. The first kappa shape index (κ1) is 19.7. The van der Waals surface area contributed by atoms with Gasteiger partial charge in [-0.15, -0.1) is 10.2 Å². The third kappa shape index (κ3) is 5.99. The third-order valence-electron chi connectivity index (χ3n) is 4.12. The Morgan fingerprint density at radius 3 is 2.46 bits per heavy atom. The molecule has 0 saturated carbocycles. The van der Waals surface area contributed by atoms with Crippen LogP contribution in [0.2, 0.25) is 0 Å². The van der Waals surface area contributed by atoms with E-state index < -0.39 is 0 Å². The summed E-state index contributed by atoms with van der Waals surface area (Å²) in [5.41, 5.74) is 3.03. The van der Waals surface area contributed by atoms with Gasteiger partial charge in [-0.25, -0.2) is 0 Å². The lowest BCUT2D eigenvalue weighted by Gasteiger charge is -2.04. The topological polar surface area (TPSA) is 84.0 Å². The van der Waals surface area contributed by atoms with Crippen molar-refractivity contribution in [1.29, 1.82) is 0 Å². The van der Waals surface area contributed by atoms with E-state index in [1.54, 1.807) is 0 Å². The molecular formula is C21H22N4O2S. The number of amides is 2. The molecule has 1 aromatic heterocycles. The second-order valence-corrected chi connectivity index (χ2v) is 7.47. The molecular weight excluding hydrogens is 372 g/mol. The molecule has 0 aliphatic carbocycles. The van der Waals surface area contributed by atoms with E-state index in [4.69, 9.17) is 0 Å². The van der Waals surface area contributed by atoms with Gasteiger partial charge in [0.2, 0.25) is 10.9 Å². The van der Waals surface area contributed by atoms with Gasteiger partial charge in [-0.3, -0.25) is 9.59 Å². The molecule has 0 unspecified atom stereocenters. The number of carbonyl (C=O) groups is 2. The van der Waals surface area contributed by atoms with Crippen LogP contribution in [0.4, 0.5) is 5.69 Å². The Morgan fingerprint density at radius 1 is 0.964 bits per heavy atom. The lowest BCUT2D eigenvalue weighted by Crippen LogP contribution is -2.25. The van der Waals surface area contributed by atoms with E-state index in [2.05, 4.69) is 20.8 Å². The fourth-order valence-electron chi connectivity index (χ4n) is 2.57. The Morgan fingerprint density at radius 2 is 1.71 bits per heavy atom. The predicted octanol–water partition coefficient (Wildman–Crippen LogP) is 3.39. The molecule has 2 amide bonds. The first-order chi connectivity index (χ1) is 13.6. The van der Waals surface area contributed by atoms with Crippen LogP contribution in [-0.2, 0) is 17.6 Å². The minimum absolute atomic E-state index is 0.0308. The zero-order valence-electron chi connectivity index (χ0n) is 15.6. The first-order valence-electron chi connectivity index (χ1n) is 9.11. The first-order valence-corrected chi connectivity index (χ1v) is 9.93. The summed E-state index contributed by atoms with van der Waals surface area (Å²) in [4.78, 5) is 24.2. The number of carbonyl (C=O) groups excluding carboxylic acids is 2. The lowest BCUT2D eigenvalue weighted by atomic mass is 10.1. The number of rotatable bonds is 8. The Hall–Kier alpha value is -3.06. The quantitative estimate of drug-likeness (QED) is 0.613. The van der Waals surface area contributed by atoms with Crippen LogP contribution in [0.3, 0.4) is 0 Å². The van der Waals surface area contributed by atoms with Crippen LogP contribution in [0, 0.1) is 6.92 Å². The summed E-state index contributed by atoms with van der Waals surface area (Å²) < 4.78 is 0. The summed E-state index contributed by atoms with van der Waals surface area (Å²) >= 11 is 1.21. The van der Waals surface area contributed by atoms with E-state index in [1.807, 2.05) is 61.5 Å².